The minimum atomic E-state index is 0.395. The van der Waals surface area contributed by atoms with Crippen LogP contribution < -0.4 is 5.32 Å². The lowest BCUT2D eigenvalue weighted by Crippen LogP contribution is -2.50. The van der Waals surface area contributed by atoms with Crippen molar-refractivity contribution in [3.8, 4) is 0 Å². The van der Waals surface area contributed by atoms with E-state index in [9.17, 15) is 0 Å². The monoisotopic (exact) mass is 230 g/mol. The number of likely N-dealkylation sites (tertiary alicyclic amines) is 1. The van der Waals surface area contributed by atoms with Crippen molar-refractivity contribution >= 4 is 11.8 Å². The Morgan fingerprint density at radius 3 is 2.60 bits per heavy atom. The average molecular weight is 230 g/mol. The third-order valence-corrected chi connectivity index (χ3v) is 4.75. The molecule has 0 aromatic rings. The highest BCUT2D eigenvalue weighted by atomic mass is 32.2. The molecule has 1 aliphatic rings. The lowest BCUT2D eigenvalue weighted by molar-refractivity contribution is 0.143. The SMILES string of the molecule is CNC1CCN(CC(C)(C)SC)CC1C. The fourth-order valence-corrected chi connectivity index (χ4v) is 2.72. The van der Waals surface area contributed by atoms with Crippen LogP contribution in [0.4, 0.5) is 0 Å². The Kier molecular flexibility index (Phi) is 4.94. The Bertz CT molecular complexity index is 194. The number of piperidine rings is 1. The molecule has 1 aliphatic heterocycles. The number of thioether (sulfide) groups is 1. The minimum Gasteiger partial charge on any atom is -0.317 e. The van der Waals surface area contributed by atoms with Gasteiger partial charge in [-0.1, -0.05) is 6.92 Å². The van der Waals surface area contributed by atoms with E-state index in [2.05, 4.69) is 44.3 Å². The first-order valence-electron chi connectivity index (χ1n) is 5.93. The van der Waals surface area contributed by atoms with Gasteiger partial charge >= 0.3 is 0 Å². The van der Waals surface area contributed by atoms with Crippen molar-refractivity contribution in [2.45, 2.75) is 38.0 Å². The average Bonchev–Trinajstić information content (AvgIpc) is 2.17. The predicted molar refractivity (Wildman–Crippen MR) is 70.7 cm³/mol. The van der Waals surface area contributed by atoms with E-state index < -0.39 is 0 Å². The number of rotatable bonds is 4. The highest BCUT2D eigenvalue weighted by Gasteiger charge is 2.28. The molecule has 0 aliphatic carbocycles. The molecule has 2 unspecified atom stereocenters. The molecule has 0 amide bonds. The molecule has 1 heterocycles. The smallest absolute Gasteiger partial charge is 0.0227 e. The molecule has 1 N–H and O–H groups in total. The second-order valence-corrected chi connectivity index (χ2v) is 6.87. The van der Waals surface area contributed by atoms with Gasteiger partial charge in [-0.2, -0.15) is 11.8 Å². The van der Waals surface area contributed by atoms with E-state index in [1.807, 2.05) is 11.8 Å². The second-order valence-electron chi connectivity index (χ2n) is 5.36. The lowest BCUT2D eigenvalue weighted by atomic mass is 9.93. The summed E-state index contributed by atoms with van der Waals surface area (Å²) in [7, 11) is 2.09. The van der Waals surface area contributed by atoms with Gasteiger partial charge < -0.3 is 10.2 Å². The van der Waals surface area contributed by atoms with Crippen LogP contribution in [0.2, 0.25) is 0 Å². The van der Waals surface area contributed by atoms with Gasteiger partial charge in [-0.15, -0.1) is 0 Å². The van der Waals surface area contributed by atoms with Crippen LogP contribution in [0.3, 0.4) is 0 Å². The normalized spacial score (nSPS) is 29.4. The van der Waals surface area contributed by atoms with Gasteiger partial charge in [-0.05, 0) is 46.0 Å². The Balaban J connectivity index is 2.41. The molecule has 0 saturated carbocycles. The molecule has 2 nitrogen and oxygen atoms in total. The number of hydrogen-bond acceptors (Lipinski definition) is 3. The first kappa shape index (κ1) is 13.3. The second kappa shape index (κ2) is 5.55. The topological polar surface area (TPSA) is 15.3 Å². The maximum atomic E-state index is 3.42. The van der Waals surface area contributed by atoms with Crippen LogP contribution in [0.5, 0.6) is 0 Å². The van der Waals surface area contributed by atoms with Gasteiger partial charge in [0.2, 0.25) is 0 Å². The van der Waals surface area contributed by atoms with E-state index in [1.54, 1.807) is 0 Å². The van der Waals surface area contributed by atoms with Crippen LogP contribution in [0.25, 0.3) is 0 Å². The van der Waals surface area contributed by atoms with Gasteiger partial charge in [0, 0.05) is 23.9 Å². The summed E-state index contributed by atoms with van der Waals surface area (Å²) < 4.78 is 0.395. The van der Waals surface area contributed by atoms with Crippen molar-refractivity contribution < 1.29 is 0 Å². The quantitative estimate of drug-likeness (QED) is 0.796. The molecule has 15 heavy (non-hydrogen) atoms. The first-order chi connectivity index (χ1) is 6.98. The summed E-state index contributed by atoms with van der Waals surface area (Å²) in [6.45, 7) is 10.8. The molecular formula is C12H26N2S. The zero-order chi connectivity index (χ0) is 11.5. The third-order valence-electron chi connectivity index (χ3n) is 3.52. The Hall–Kier alpha value is 0.270. The summed E-state index contributed by atoms with van der Waals surface area (Å²) in [5.74, 6) is 0.779. The van der Waals surface area contributed by atoms with E-state index in [0.29, 0.717) is 4.75 Å². The zero-order valence-corrected chi connectivity index (χ0v) is 11.7. The zero-order valence-electron chi connectivity index (χ0n) is 10.8. The maximum absolute atomic E-state index is 3.42. The summed E-state index contributed by atoms with van der Waals surface area (Å²) >= 11 is 1.97. The largest absolute Gasteiger partial charge is 0.317 e. The highest BCUT2D eigenvalue weighted by molar-refractivity contribution is 7.99. The summed E-state index contributed by atoms with van der Waals surface area (Å²) in [5, 5.41) is 3.42. The van der Waals surface area contributed by atoms with E-state index in [1.165, 1.54) is 26.1 Å². The van der Waals surface area contributed by atoms with Crippen LogP contribution in [0.1, 0.15) is 27.2 Å². The molecule has 1 rings (SSSR count). The molecule has 0 aromatic carbocycles. The van der Waals surface area contributed by atoms with Gasteiger partial charge in [0.15, 0.2) is 0 Å². The van der Waals surface area contributed by atoms with Crippen LogP contribution in [0, 0.1) is 5.92 Å². The van der Waals surface area contributed by atoms with Crippen molar-refractivity contribution in [3.63, 3.8) is 0 Å². The summed E-state index contributed by atoms with van der Waals surface area (Å²) in [4.78, 5) is 2.62. The van der Waals surface area contributed by atoms with Gasteiger partial charge in [-0.25, -0.2) is 0 Å². The van der Waals surface area contributed by atoms with Crippen molar-refractivity contribution in [3.05, 3.63) is 0 Å². The Morgan fingerprint density at radius 2 is 2.13 bits per heavy atom. The minimum absolute atomic E-state index is 0.395. The fourth-order valence-electron chi connectivity index (χ4n) is 2.41. The van der Waals surface area contributed by atoms with E-state index in [-0.39, 0.29) is 0 Å². The molecule has 3 heteroatoms. The number of nitrogens with zero attached hydrogens (tertiary/aromatic N) is 1. The molecule has 2 atom stereocenters. The van der Waals surface area contributed by atoms with Gasteiger partial charge in [0.05, 0.1) is 0 Å². The van der Waals surface area contributed by atoms with Crippen LogP contribution in [-0.4, -0.2) is 48.6 Å². The standard InChI is InChI=1S/C12H26N2S/c1-10-8-14(7-6-11(10)13-4)9-12(2,3)15-5/h10-11,13H,6-9H2,1-5H3. The Labute approximate surface area is 99.2 Å². The highest BCUT2D eigenvalue weighted by Crippen LogP contribution is 2.25. The molecule has 0 radical (unpaired) electrons. The number of nitrogens with one attached hydrogen (secondary N) is 1. The Morgan fingerprint density at radius 1 is 1.47 bits per heavy atom. The van der Waals surface area contributed by atoms with E-state index in [4.69, 9.17) is 0 Å². The molecule has 0 bridgehead atoms. The molecule has 0 aromatic heterocycles. The summed E-state index contributed by atoms with van der Waals surface area (Å²) in [5.41, 5.74) is 0. The molecule has 90 valence electrons. The predicted octanol–water partition coefficient (Wildman–Crippen LogP) is 2.06. The van der Waals surface area contributed by atoms with Crippen molar-refractivity contribution in [2.24, 2.45) is 5.92 Å². The van der Waals surface area contributed by atoms with Gasteiger partial charge in [-0.3, -0.25) is 0 Å². The lowest BCUT2D eigenvalue weighted by Gasteiger charge is -2.40. The number of hydrogen-bond donors (Lipinski definition) is 1. The van der Waals surface area contributed by atoms with E-state index in [0.717, 1.165) is 12.0 Å². The molecule has 0 spiro atoms. The van der Waals surface area contributed by atoms with Crippen molar-refractivity contribution in [1.82, 2.24) is 10.2 Å². The van der Waals surface area contributed by atoms with Crippen molar-refractivity contribution in [2.75, 3.05) is 32.9 Å². The van der Waals surface area contributed by atoms with Gasteiger partial charge in [0.25, 0.3) is 0 Å². The van der Waals surface area contributed by atoms with Crippen LogP contribution >= 0.6 is 11.8 Å². The van der Waals surface area contributed by atoms with Gasteiger partial charge in [0.1, 0.15) is 0 Å². The molecular weight excluding hydrogens is 204 g/mol. The van der Waals surface area contributed by atoms with E-state index >= 15 is 0 Å². The van der Waals surface area contributed by atoms with Crippen LogP contribution in [0.15, 0.2) is 0 Å². The van der Waals surface area contributed by atoms with Crippen molar-refractivity contribution in [1.29, 1.82) is 0 Å². The fraction of sp³-hybridized carbons (Fsp3) is 1.00. The third kappa shape index (κ3) is 3.97. The van der Waals surface area contributed by atoms with Crippen LogP contribution in [-0.2, 0) is 0 Å². The summed E-state index contributed by atoms with van der Waals surface area (Å²) in [6.07, 6.45) is 3.51. The maximum Gasteiger partial charge on any atom is 0.0227 e. The first-order valence-corrected chi connectivity index (χ1v) is 7.16. The molecule has 1 saturated heterocycles. The summed E-state index contributed by atoms with van der Waals surface area (Å²) in [6, 6.07) is 0.721. The molecule has 1 fully saturated rings.